The molecule has 0 aliphatic heterocycles. The normalized spacial score (nSPS) is 11.5. The number of benzene rings is 1. The lowest BCUT2D eigenvalue weighted by atomic mass is 10.1. The fourth-order valence-corrected chi connectivity index (χ4v) is 3.01. The molecule has 0 aliphatic rings. The van der Waals surface area contributed by atoms with Crippen molar-refractivity contribution in [1.29, 1.82) is 0 Å². The molecule has 2 rings (SSSR count). The van der Waals surface area contributed by atoms with Crippen molar-refractivity contribution < 1.29 is 18.7 Å². The van der Waals surface area contributed by atoms with Gasteiger partial charge in [-0.1, -0.05) is 13.8 Å². The Bertz CT molecular complexity index is 929. The summed E-state index contributed by atoms with van der Waals surface area (Å²) in [4.78, 5) is 24.8. The molecule has 1 heterocycles. The van der Waals surface area contributed by atoms with E-state index >= 15 is 0 Å². The van der Waals surface area contributed by atoms with Crippen LogP contribution >= 0.6 is 0 Å². The highest BCUT2D eigenvalue weighted by molar-refractivity contribution is 5.98. The van der Waals surface area contributed by atoms with Crippen LogP contribution in [0.2, 0.25) is 0 Å². The van der Waals surface area contributed by atoms with Gasteiger partial charge in [0.2, 0.25) is 5.91 Å². The van der Waals surface area contributed by atoms with Crippen LogP contribution in [0, 0.1) is 25.6 Å². The average Bonchev–Trinajstić information content (AvgIpc) is 2.82. The highest BCUT2D eigenvalue weighted by atomic mass is 19.1. The van der Waals surface area contributed by atoms with Gasteiger partial charge in [0.05, 0.1) is 23.5 Å². The van der Waals surface area contributed by atoms with E-state index in [-0.39, 0.29) is 23.7 Å². The molecule has 0 saturated heterocycles. The monoisotopic (exact) mass is 418 g/mol. The Kier molecular flexibility index (Phi) is 7.23. The topological polar surface area (TPSA) is 85.3 Å². The Hall–Kier alpha value is -2.90. The molecule has 30 heavy (non-hydrogen) atoms. The van der Waals surface area contributed by atoms with Gasteiger partial charge in [0.1, 0.15) is 11.4 Å². The summed E-state index contributed by atoms with van der Waals surface area (Å²) in [6.07, 6.45) is -0.593. The fraction of sp³-hybridized carbons (Fsp3) is 0.500. The molecule has 0 unspecified atom stereocenters. The number of amides is 2. The summed E-state index contributed by atoms with van der Waals surface area (Å²) in [7, 11) is 0. The van der Waals surface area contributed by atoms with E-state index in [4.69, 9.17) is 4.74 Å². The van der Waals surface area contributed by atoms with Crippen LogP contribution < -0.4 is 10.6 Å². The Morgan fingerprint density at radius 2 is 1.83 bits per heavy atom. The second-order valence-corrected chi connectivity index (χ2v) is 8.77. The van der Waals surface area contributed by atoms with Crippen LogP contribution in [0.3, 0.4) is 0 Å². The van der Waals surface area contributed by atoms with E-state index in [1.165, 1.54) is 12.1 Å². The van der Waals surface area contributed by atoms with E-state index in [0.717, 1.165) is 29.6 Å². The fourth-order valence-electron chi connectivity index (χ4n) is 3.01. The quantitative estimate of drug-likeness (QED) is 0.704. The zero-order chi connectivity index (χ0) is 22.6. The van der Waals surface area contributed by atoms with Crippen molar-refractivity contribution >= 4 is 23.4 Å². The number of anilines is 2. The molecule has 0 bridgehead atoms. The molecular weight excluding hydrogens is 387 g/mol. The first kappa shape index (κ1) is 23.4. The largest absolute Gasteiger partial charge is 0.444 e. The molecule has 1 aromatic carbocycles. The van der Waals surface area contributed by atoms with Gasteiger partial charge in [-0.05, 0) is 58.7 Å². The highest BCUT2D eigenvalue weighted by Gasteiger charge is 2.19. The number of aromatic nitrogens is 2. The van der Waals surface area contributed by atoms with Crippen LogP contribution in [-0.4, -0.2) is 27.4 Å². The maximum atomic E-state index is 13.8. The number of carbonyl (C=O) groups excluding carboxylic acids is 2. The van der Waals surface area contributed by atoms with Crippen LogP contribution in [-0.2, 0) is 22.5 Å². The summed E-state index contributed by atoms with van der Waals surface area (Å²) in [5, 5.41) is 9.76. The standard InChI is InChI=1S/C22H31FN4O3/c1-13(2)12-27-15(4)17(14(3)26-27)11-20(28)24-19-10-16(23)8-9-18(19)25-21(29)30-22(5,6)7/h8-10,13H,11-12H2,1-7H3,(H,24,28)(H,25,29). The molecule has 7 nitrogen and oxygen atoms in total. The second-order valence-electron chi connectivity index (χ2n) is 8.77. The van der Waals surface area contributed by atoms with Gasteiger partial charge in [0, 0.05) is 17.8 Å². The molecule has 164 valence electrons. The third-order valence-corrected chi connectivity index (χ3v) is 4.30. The van der Waals surface area contributed by atoms with Crippen LogP contribution in [0.1, 0.15) is 51.6 Å². The first-order valence-corrected chi connectivity index (χ1v) is 9.98. The molecular formula is C22H31FN4O3. The zero-order valence-electron chi connectivity index (χ0n) is 18.7. The van der Waals surface area contributed by atoms with E-state index in [2.05, 4.69) is 29.6 Å². The number of ether oxygens (including phenoxy) is 1. The molecule has 2 aromatic rings. The molecule has 0 spiro atoms. The molecule has 0 radical (unpaired) electrons. The Morgan fingerprint density at radius 1 is 1.17 bits per heavy atom. The SMILES string of the molecule is Cc1nn(CC(C)C)c(C)c1CC(=O)Nc1cc(F)ccc1NC(=O)OC(C)(C)C. The number of rotatable bonds is 6. The molecule has 0 aliphatic carbocycles. The maximum absolute atomic E-state index is 13.8. The molecule has 0 saturated carbocycles. The predicted molar refractivity (Wildman–Crippen MR) is 115 cm³/mol. The Morgan fingerprint density at radius 3 is 2.43 bits per heavy atom. The third-order valence-electron chi connectivity index (χ3n) is 4.30. The molecule has 1 aromatic heterocycles. The molecule has 0 fully saturated rings. The van der Waals surface area contributed by atoms with Gasteiger partial charge < -0.3 is 10.1 Å². The van der Waals surface area contributed by atoms with E-state index in [1.54, 1.807) is 20.8 Å². The summed E-state index contributed by atoms with van der Waals surface area (Å²) in [5.74, 6) is -0.432. The minimum atomic E-state index is -0.689. The third kappa shape index (κ3) is 6.57. The number of carbonyl (C=O) groups is 2. The summed E-state index contributed by atoms with van der Waals surface area (Å²) in [5.41, 5.74) is 2.29. The molecule has 0 atom stereocenters. The summed E-state index contributed by atoms with van der Waals surface area (Å²) in [6, 6.07) is 3.74. The van der Waals surface area contributed by atoms with Crippen molar-refractivity contribution in [3.63, 3.8) is 0 Å². The molecule has 2 amide bonds. The lowest BCUT2D eigenvalue weighted by Gasteiger charge is -2.20. The van der Waals surface area contributed by atoms with Crippen LogP contribution in [0.5, 0.6) is 0 Å². The van der Waals surface area contributed by atoms with Crippen molar-refractivity contribution in [3.8, 4) is 0 Å². The lowest BCUT2D eigenvalue weighted by Crippen LogP contribution is -2.27. The Balaban J connectivity index is 2.16. The number of nitrogens with zero attached hydrogens (tertiary/aromatic N) is 2. The van der Waals surface area contributed by atoms with Gasteiger partial charge in [-0.2, -0.15) is 5.10 Å². The van der Waals surface area contributed by atoms with Gasteiger partial charge in [0.25, 0.3) is 0 Å². The lowest BCUT2D eigenvalue weighted by molar-refractivity contribution is -0.115. The first-order chi connectivity index (χ1) is 13.9. The van der Waals surface area contributed by atoms with E-state index in [0.29, 0.717) is 5.92 Å². The number of halogens is 1. The van der Waals surface area contributed by atoms with Crippen LogP contribution in [0.15, 0.2) is 18.2 Å². The second kappa shape index (κ2) is 9.28. The van der Waals surface area contributed by atoms with Gasteiger partial charge in [-0.25, -0.2) is 9.18 Å². The number of hydrogen-bond donors (Lipinski definition) is 2. The number of nitrogens with one attached hydrogen (secondary N) is 2. The Labute approximate surface area is 177 Å². The van der Waals surface area contributed by atoms with Crippen molar-refractivity contribution in [3.05, 3.63) is 41.0 Å². The number of aryl methyl sites for hydroxylation is 1. The van der Waals surface area contributed by atoms with E-state index in [1.807, 2.05) is 18.5 Å². The van der Waals surface area contributed by atoms with Crippen molar-refractivity contribution in [1.82, 2.24) is 9.78 Å². The summed E-state index contributed by atoms with van der Waals surface area (Å²) < 4.78 is 20.9. The van der Waals surface area contributed by atoms with Gasteiger partial charge in [-0.3, -0.25) is 14.8 Å². The first-order valence-electron chi connectivity index (χ1n) is 9.98. The van der Waals surface area contributed by atoms with E-state index < -0.39 is 17.5 Å². The van der Waals surface area contributed by atoms with Crippen molar-refractivity contribution in [2.75, 3.05) is 10.6 Å². The van der Waals surface area contributed by atoms with Crippen molar-refractivity contribution in [2.45, 2.75) is 67.0 Å². The molecule has 2 N–H and O–H groups in total. The average molecular weight is 419 g/mol. The van der Waals surface area contributed by atoms with Gasteiger partial charge in [0.15, 0.2) is 0 Å². The smallest absolute Gasteiger partial charge is 0.412 e. The van der Waals surface area contributed by atoms with Crippen LogP contribution in [0.25, 0.3) is 0 Å². The van der Waals surface area contributed by atoms with E-state index in [9.17, 15) is 14.0 Å². The summed E-state index contributed by atoms with van der Waals surface area (Å²) >= 11 is 0. The maximum Gasteiger partial charge on any atom is 0.412 e. The minimum Gasteiger partial charge on any atom is -0.444 e. The summed E-state index contributed by atoms with van der Waals surface area (Å²) in [6.45, 7) is 14.0. The molecule has 8 heteroatoms. The predicted octanol–water partition coefficient (Wildman–Crippen LogP) is 4.82. The van der Waals surface area contributed by atoms with Gasteiger partial charge in [-0.15, -0.1) is 0 Å². The van der Waals surface area contributed by atoms with Crippen LogP contribution in [0.4, 0.5) is 20.6 Å². The minimum absolute atomic E-state index is 0.0954. The van der Waals surface area contributed by atoms with Gasteiger partial charge >= 0.3 is 6.09 Å². The number of hydrogen-bond acceptors (Lipinski definition) is 4. The van der Waals surface area contributed by atoms with Crippen molar-refractivity contribution in [2.24, 2.45) is 5.92 Å². The zero-order valence-corrected chi connectivity index (χ0v) is 18.7. The highest BCUT2D eigenvalue weighted by Crippen LogP contribution is 2.24.